The lowest BCUT2D eigenvalue weighted by atomic mass is 9.80. The summed E-state index contributed by atoms with van der Waals surface area (Å²) in [6, 6.07) is 2.31. The van der Waals surface area contributed by atoms with Crippen LogP contribution < -0.4 is 5.32 Å². The molecule has 21 heavy (non-hydrogen) atoms. The van der Waals surface area contributed by atoms with E-state index < -0.39 is 0 Å². The maximum Gasteiger partial charge on any atom is 0.0252 e. The second-order valence-electron chi connectivity index (χ2n) is 6.98. The summed E-state index contributed by atoms with van der Waals surface area (Å²) in [5.41, 5.74) is 0. The first kappa shape index (κ1) is 17.2. The Labute approximate surface area is 132 Å². The fraction of sp³-hybridized carbons (Fsp3) is 1.00. The van der Waals surface area contributed by atoms with Crippen molar-refractivity contribution in [3.05, 3.63) is 0 Å². The predicted octanol–water partition coefficient (Wildman–Crippen LogP) is 2.96. The van der Waals surface area contributed by atoms with Gasteiger partial charge in [-0.25, -0.2) is 0 Å². The topological polar surface area (TPSA) is 18.5 Å². The molecule has 2 aliphatic rings. The van der Waals surface area contributed by atoms with Gasteiger partial charge in [0.1, 0.15) is 0 Å². The second-order valence-corrected chi connectivity index (χ2v) is 6.98. The van der Waals surface area contributed by atoms with Gasteiger partial charge in [-0.15, -0.1) is 0 Å². The summed E-state index contributed by atoms with van der Waals surface area (Å²) in [4.78, 5) is 5.47. The maximum absolute atomic E-state index is 3.77. The molecule has 0 amide bonds. The van der Waals surface area contributed by atoms with Crippen LogP contribution >= 0.6 is 0 Å². The van der Waals surface area contributed by atoms with E-state index in [1.807, 2.05) is 0 Å². The first-order valence-corrected chi connectivity index (χ1v) is 9.44. The summed E-state index contributed by atoms with van der Waals surface area (Å²) >= 11 is 0. The van der Waals surface area contributed by atoms with Crippen molar-refractivity contribution >= 4 is 0 Å². The predicted molar refractivity (Wildman–Crippen MR) is 91.8 cm³/mol. The summed E-state index contributed by atoms with van der Waals surface area (Å²) in [5, 5.41) is 3.77. The van der Waals surface area contributed by atoms with Gasteiger partial charge in [0.05, 0.1) is 0 Å². The molecule has 1 aliphatic carbocycles. The molecule has 2 fully saturated rings. The van der Waals surface area contributed by atoms with E-state index in [1.165, 1.54) is 58.3 Å². The molecule has 1 N–H and O–H groups in total. The lowest BCUT2D eigenvalue weighted by Crippen LogP contribution is -2.53. The molecular formula is C18H37N3. The molecule has 1 heterocycles. The lowest BCUT2D eigenvalue weighted by molar-refractivity contribution is 0.107. The van der Waals surface area contributed by atoms with Gasteiger partial charge in [0, 0.05) is 31.2 Å². The lowest BCUT2D eigenvalue weighted by Gasteiger charge is -2.42. The Kier molecular flexibility index (Phi) is 6.97. The normalized spacial score (nSPS) is 34.7. The van der Waals surface area contributed by atoms with Gasteiger partial charge in [-0.1, -0.05) is 34.1 Å². The second kappa shape index (κ2) is 8.50. The van der Waals surface area contributed by atoms with E-state index in [2.05, 4.69) is 42.8 Å². The zero-order valence-electron chi connectivity index (χ0n) is 14.8. The summed E-state index contributed by atoms with van der Waals surface area (Å²) in [6.07, 6.45) is 6.96. The van der Waals surface area contributed by atoms with Crippen molar-refractivity contribution < 1.29 is 0 Å². The third-order valence-electron chi connectivity index (χ3n) is 5.96. The molecule has 0 radical (unpaired) electrons. The van der Waals surface area contributed by atoms with Crippen LogP contribution in [0.4, 0.5) is 0 Å². The van der Waals surface area contributed by atoms with Gasteiger partial charge in [0.25, 0.3) is 0 Å². The number of likely N-dealkylation sites (N-methyl/N-ethyl adjacent to an activating group) is 2. The summed E-state index contributed by atoms with van der Waals surface area (Å²) in [7, 11) is 0. The zero-order chi connectivity index (χ0) is 15.2. The van der Waals surface area contributed by atoms with Crippen molar-refractivity contribution in [3.63, 3.8) is 0 Å². The van der Waals surface area contributed by atoms with Gasteiger partial charge >= 0.3 is 0 Å². The van der Waals surface area contributed by atoms with Crippen molar-refractivity contribution in [3.8, 4) is 0 Å². The van der Waals surface area contributed by atoms with Crippen molar-refractivity contribution in [1.29, 1.82) is 0 Å². The van der Waals surface area contributed by atoms with Gasteiger partial charge < -0.3 is 5.32 Å². The average molecular weight is 296 g/mol. The highest BCUT2D eigenvalue weighted by Crippen LogP contribution is 2.32. The molecule has 2 rings (SSSR count). The molecule has 4 unspecified atom stereocenters. The van der Waals surface area contributed by atoms with Gasteiger partial charge in [-0.05, 0) is 51.2 Å². The third-order valence-corrected chi connectivity index (χ3v) is 5.96. The molecule has 4 atom stereocenters. The Balaban J connectivity index is 1.97. The van der Waals surface area contributed by atoms with Crippen LogP contribution in [-0.2, 0) is 0 Å². The van der Waals surface area contributed by atoms with E-state index in [1.54, 1.807) is 0 Å². The van der Waals surface area contributed by atoms with Crippen molar-refractivity contribution in [2.45, 2.75) is 77.9 Å². The molecule has 0 aromatic rings. The largest absolute Gasteiger partial charge is 0.313 e. The highest BCUT2D eigenvalue weighted by Gasteiger charge is 2.37. The Morgan fingerprint density at radius 1 is 1.05 bits per heavy atom. The van der Waals surface area contributed by atoms with Crippen LogP contribution in [0.3, 0.4) is 0 Å². The van der Waals surface area contributed by atoms with E-state index >= 15 is 0 Å². The number of hydrogen-bond acceptors (Lipinski definition) is 3. The summed E-state index contributed by atoms with van der Waals surface area (Å²) in [5.74, 6) is 0.956. The standard InChI is InChI=1S/C18H37N3/c1-5-15-9-10-17(19-6-2)18(13-15)21-12-11-16(14-21)20(7-3)8-4/h15-19H,5-14H2,1-4H3. The van der Waals surface area contributed by atoms with Gasteiger partial charge in [0.15, 0.2) is 0 Å². The summed E-state index contributed by atoms with van der Waals surface area (Å²) < 4.78 is 0. The highest BCUT2D eigenvalue weighted by atomic mass is 15.3. The monoisotopic (exact) mass is 295 g/mol. The minimum Gasteiger partial charge on any atom is -0.313 e. The smallest absolute Gasteiger partial charge is 0.0252 e. The third kappa shape index (κ3) is 4.20. The average Bonchev–Trinajstić information content (AvgIpc) is 2.99. The molecule has 3 heteroatoms. The molecule has 0 aromatic heterocycles. The molecule has 0 aromatic carbocycles. The Morgan fingerprint density at radius 2 is 1.81 bits per heavy atom. The zero-order valence-corrected chi connectivity index (χ0v) is 14.8. The van der Waals surface area contributed by atoms with Crippen molar-refractivity contribution in [1.82, 2.24) is 15.1 Å². The quantitative estimate of drug-likeness (QED) is 0.779. The first-order chi connectivity index (χ1) is 10.2. The molecule has 1 aliphatic heterocycles. The van der Waals surface area contributed by atoms with Crippen LogP contribution in [0.1, 0.15) is 59.8 Å². The van der Waals surface area contributed by atoms with E-state index in [0.29, 0.717) is 0 Å². The van der Waals surface area contributed by atoms with Crippen LogP contribution in [0.15, 0.2) is 0 Å². The number of nitrogens with one attached hydrogen (secondary N) is 1. The Bertz CT molecular complexity index is 290. The number of nitrogens with zero attached hydrogens (tertiary/aromatic N) is 2. The highest BCUT2D eigenvalue weighted by molar-refractivity contribution is 4.95. The van der Waals surface area contributed by atoms with Crippen LogP contribution in [0.25, 0.3) is 0 Å². The molecular weight excluding hydrogens is 258 g/mol. The van der Waals surface area contributed by atoms with Crippen LogP contribution in [-0.4, -0.2) is 60.6 Å². The molecule has 1 saturated carbocycles. The van der Waals surface area contributed by atoms with E-state index in [-0.39, 0.29) is 0 Å². The van der Waals surface area contributed by atoms with Gasteiger partial charge in [-0.2, -0.15) is 0 Å². The maximum atomic E-state index is 3.77. The molecule has 0 bridgehead atoms. The fourth-order valence-corrected chi connectivity index (χ4v) is 4.61. The van der Waals surface area contributed by atoms with Crippen LogP contribution in [0.2, 0.25) is 0 Å². The Hall–Kier alpha value is -0.120. The molecule has 124 valence electrons. The van der Waals surface area contributed by atoms with Crippen LogP contribution in [0.5, 0.6) is 0 Å². The number of rotatable bonds is 7. The van der Waals surface area contributed by atoms with Gasteiger partial charge in [-0.3, -0.25) is 9.80 Å². The molecule has 1 saturated heterocycles. The molecule has 3 nitrogen and oxygen atoms in total. The minimum absolute atomic E-state index is 0.730. The van der Waals surface area contributed by atoms with Crippen LogP contribution in [0, 0.1) is 5.92 Å². The SMILES string of the molecule is CCNC1CCC(CC)CC1N1CCC(N(CC)CC)C1. The van der Waals surface area contributed by atoms with E-state index in [4.69, 9.17) is 0 Å². The van der Waals surface area contributed by atoms with E-state index in [0.717, 1.165) is 30.6 Å². The first-order valence-electron chi connectivity index (χ1n) is 9.44. The van der Waals surface area contributed by atoms with Gasteiger partial charge in [0.2, 0.25) is 0 Å². The summed E-state index contributed by atoms with van der Waals surface area (Å²) in [6.45, 7) is 15.4. The van der Waals surface area contributed by atoms with Crippen molar-refractivity contribution in [2.24, 2.45) is 5.92 Å². The van der Waals surface area contributed by atoms with E-state index in [9.17, 15) is 0 Å². The molecule has 0 spiro atoms. The fourth-order valence-electron chi connectivity index (χ4n) is 4.61. The minimum atomic E-state index is 0.730. The number of hydrogen-bond donors (Lipinski definition) is 1. The number of likely N-dealkylation sites (tertiary alicyclic amines) is 1. The van der Waals surface area contributed by atoms with Crippen molar-refractivity contribution in [2.75, 3.05) is 32.7 Å². The Morgan fingerprint density at radius 3 is 2.43 bits per heavy atom.